The molecule has 0 bridgehead atoms. The molecule has 0 saturated heterocycles. The zero-order valence-electron chi connectivity index (χ0n) is 9.71. The minimum Gasteiger partial charge on any atom is -0.486 e. The molecule has 2 aromatic rings. The molecule has 1 heterocycles. The van der Waals surface area contributed by atoms with Crippen LogP contribution in [0.3, 0.4) is 0 Å². The van der Waals surface area contributed by atoms with Crippen molar-refractivity contribution in [3.63, 3.8) is 0 Å². The van der Waals surface area contributed by atoms with E-state index in [4.69, 9.17) is 10.00 Å². The van der Waals surface area contributed by atoms with Crippen LogP contribution in [-0.4, -0.2) is 14.8 Å². The Kier molecular flexibility index (Phi) is 3.06. The van der Waals surface area contributed by atoms with Gasteiger partial charge in [0.15, 0.2) is 5.82 Å². The Labute approximate surface area is 99.3 Å². The Morgan fingerprint density at radius 1 is 1.29 bits per heavy atom. The number of aryl methyl sites for hydroxylation is 1. The number of hydrogen-bond acceptors (Lipinski definition) is 4. The van der Waals surface area contributed by atoms with E-state index in [-0.39, 0.29) is 0 Å². The summed E-state index contributed by atoms with van der Waals surface area (Å²) in [5.74, 6) is 2.33. The fourth-order valence-electron chi connectivity index (χ4n) is 1.35. The van der Waals surface area contributed by atoms with Gasteiger partial charge in [-0.1, -0.05) is 0 Å². The van der Waals surface area contributed by atoms with Crippen LogP contribution >= 0.6 is 0 Å². The van der Waals surface area contributed by atoms with Crippen molar-refractivity contribution in [2.45, 2.75) is 13.5 Å². The number of hydrogen-bond donors (Lipinski definition) is 0. The summed E-state index contributed by atoms with van der Waals surface area (Å²) in [6, 6.07) is 9.03. The van der Waals surface area contributed by atoms with Crippen molar-refractivity contribution in [1.82, 2.24) is 14.8 Å². The summed E-state index contributed by atoms with van der Waals surface area (Å²) in [7, 11) is 1.90. The molecule has 0 atom stereocenters. The quantitative estimate of drug-likeness (QED) is 0.800. The lowest BCUT2D eigenvalue weighted by molar-refractivity contribution is 0.291. The maximum Gasteiger partial charge on any atom is 0.170 e. The SMILES string of the molecule is Cc1nnc(COc2ccc(C#N)cc2)n1C. The van der Waals surface area contributed by atoms with E-state index in [1.54, 1.807) is 24.3 Å². The fourth-order valence-corrected chi connectivity index (χ4v) is 1.35. The highest BCUT2D eigenvalue weighted by molar-refractivity contribution is 5.34. The smallest absolute Gasteiger partial charge is 0.170 e. The maximum atomic E-state index is 8.66. The second-order valence-corrected chi connectivity index (χ2v) is 3.65. The van der Waals surface area contributed by atoms with E-state index >= 15 is 0 Å². The second-order valence-electron chi connectivity index (χ2n) is 3.65. The summed E-state index contributed by atoms with van der Waals surface area (Å²) in [4.78, 5) is 0. The van der Waals surface area contributed by atoms with E-state index in [9.17, 15) is 0 Å². The molecular weight excluding hydrogens is 216 g/mol. The van der Waals surface area contributed by atoms with Crippen molar-refractivity contribution in [1.29, 1.82) is 5.26 Å². The fraction of sp³-hybridized carbons (Fsp3) is 0.250. The van der Waals surface area contributed by atoms with Gasteiger partial charge in [0.1, 0.15) is 18.2 Å². The molecular formula is C12H12N4O. The average molecular weight is 228 g/mol. The molecule has 0 aliphatic carbocycles. The van der Waals surface area contributed by atoms with Gasteiger partial charge in [0.05, 0.1) is 11.6 Å². The van der Waals surface area contributed by atoms with E-state index in [1.165, 1.54) is 0 Å². The van der Waals surface area contributed by atoms with Crippen LogP contribution < -0.4 is 4.74 Å². The lowest BCUT2D eigenvalue weighted by Gasteiger charge is -2.05. The lowest BCUT2D eigenvalue weighted by atomic mass is 10.2. The van der Waals surface area contributed by atoms with Gasteiger partial charge in [-0.05, 0) is 31.2 Å². The normalized spacial score (nSPS) is 9.94. The first kappa shape index (κ1) is 11.1. The van der Waals surface area contributed by atoms with Gasteiger partial charge in [-0.2, -0.15) is 5.26 Å². The minimum atomic E-state index is 0.364. The molecule has 17 heavy (non-hydrogen) atoms. The largest absolute Gasteiger partial charge is 0.486 e. The highest BCUT2D eigenvalue weighted by Crippen LogP contribution is 2.13. The summed E-state index contributed by atoms with van der Waals surface area (Å²) in [5.41, 5.74) is 0.617. The van der Waals surface area contributed by atoms with Crippen LogP contribution in [0.15, 0.2) is 24.3 Å². The van der Waals surface area contributed by atoms with E-state index in [0.29, 0.717) is 17.9 Å². The molecule has 0 unspecified atom stereocenters. The van der Waals surface area contributed by atoms with Gasteiger partial charge in [0, 0.05) is 7.05 Å². The molecule has 0 saturated carbocycles. The number of ether oxygens (including phenoxy) is 1. The van der Waals surface area contributed by atoms with Crippen molar-refractivity contribution in [3.05, 3.63) is 41.5 Å². The van der Waals surface area contributed by atoms with Crippen LogP contribution in [0.5, 0.6) is 5.75 Å². The van der Waals surface area contributed by atoms with E-state index in [2.05, 4.69) is 16.3 Å². The van der Waals surface area contributed by atoms with Crippen molar-refractivity contribution in [2.75, 3.05) is 0 Å². The Morgan fingerprint density at radius 3 is 2.53 bits per heavy atom. The molecule has 0 N–H and O–H groups in total. The monoisotopic (exact) mass is 228 g/mol. The van der Waals surface area contributed by atoms with Crippen LogP contribution in [0.4, 0.5) is 0 Å². The number of aromatic nitrogens is 3. The van der Waals surface area contributed by atoms with E-state index in [0.717, 1.165) is 11.6 Å². The van der Waals surface area contributed by atoms with E-state index in [1.807, 2.05) is 18.5 Å². The highest BCUT2D eigenvalue weighted by atomic mass is 16.5. The minimum absolute atomic E-state index is 0.364. The first-order chi connectivity index (χ1) is 8.20. The maximum absolute atomic E-state index is 8.66. The molecule has 0 amide bonds. The predicted octanol–water partition coefficient (Wildman–Crippen LogP) is 1.57. The molecule has 5 heteroatoms. The summed E-state index contributed by atoms with van der Waals surface area (Å²) < 4.78 is 7.43. The third-order valence-electron chi connectivity index (χ3n) is 2.53. The summed E-state index contributed by atoms with van der Waals surface area (Å²) in [6.07, 6.45) is 0. The standard InChI is InChI=1S/C12H12N4O/c1-9-14-15-12(16(9)2)8-17-11-5-3-10(7-13)4-6-11/h3-6H,8H2,1-2H3. The predicted molar refractivity (Wildman–Crippen MR) is 61.2 cm³/mol. The van der Waals surface area contributed by atoms with Crippen molar-refractivity contribution >= 4 is 0 Å². The summed E-state index contributed by atoms with van der Waals surface area (Å²) in [6.45, 7) is 2.25. The number of benzene rings is 1. The van der Waals surface area contributed by atoms with Gasteiger partial charge >= 0.3 is 0 Å². The number of nitrogens with zero attached hydrogens (tertiary/aromatic N) is 4. The Balaban J connectivity index is 2.03. The molecule has 1 aromatic carbocycles. The molecule has 86 valence electrons. The van der Waals surface area contributed by atoms with Crippen molar-refractivity contribution in [3.8, 4) is 11.8 Å². The van der Waals surface area contributed by atoms with Gasteiger partial charge < -0.3 is 9.30 Å². The molecule has 0 fully saturated rings. The van der Waals surface area contributed by atoms with Crippen LogP contribution in [0, 0.1) is 18.3 Å². The Hall–Kier alpha value is -2.35. The second kappa shape index (κ2) is 4.66. The lowest BCUT2D eigenvalue weighted by Crippen LogP contribution is -2.04. The summed E-state index contributed by atoms with van der Waals surface area (Å²) in [5, 5.41) is 16.6. The Bertz CT molecular complexity index is 551. The van der Waals surface area contributed by atoms with Crippen LogP contribution in [-0.2, 0) is 13.7 Å². The molecule has 0 aliphatic heterocycles. The van der Waals surface area contributed by atoms with Gasteiger partial charge in [0.2, 0.25) is 0 Å². The Morgan fingerprint density at radius 2 is 2.00 bits per heavy atom. The highest BCUT2D eigenvalue weighted by Gasteiger charge is 2.05. The van der Waals surface area contributed by atoms with Crippen LogP contribution in [0.2, 0.25) is 0 Å². The van der Waals surface area contributed by atoms with Gasteiger partial charge in [-0.3, -0.25) is 0 Å². The molecule has 0 spiro atoms. The number of nitriles is 1. The van der Waals surface area contributed by atoms with Gasteiger partial charge in [-0.25, -0.2) is 0 Å². The molecule has 0 aliphatic rings. The summed E-state index contributed by atoms with van der Waals surface area (Å²) >= 11 is 0. The zero-order chi connectivity index (χ0) is 12.3. The van der Waals surface area contributed by atoms with Crippen LogP contribution in [0.1, 0.15) is 17.2 Å². The van der Waals surface area contributed by atoms with Crippen molar-refractivity contribution in [2.24, 2.45) is 7.05 Å². The number of rotatable bonds is 3. The first-order valence-electron chi connectivity index (χ1n) is 5.18. The van der Waals surface area contributed by atoms with Crippen molar-refractivity contribution < 1.29 is 4.74 Å². The van der Waals surface area contributed by atoms with Crippen LogP contribution in [0.25, 0.3) is 0 Å². The first-order valence-corrected chi connectivity index (χ1v) is 5.18. The van der Waals surface area contributed by atoms with Gasteiger partial charge in [-0.15, -0.1) is 10.2 Å². The molecule has 2 rings (SSSR count). The average Bonchev–Trinajstić information content (AvgIpc) is 2.68. The van der Waals surface area contributed by atoms with E-state index < -0.39 is 0 Å². The molecule has 1 aromatic heterocycles. The zero-order valence-corrected chi connectivity index (χ0v) is 9.71. The third kappa shape index (κ3) is 2.42. The third-order valence-corrected chi connectivity index (χ3v) is 2.53. The topological polar surface area (TPSA) is 63.7 Å². The molecule has 5 nitrogen and oxygen atoms in total. The van der Waals surface area contributed by atoms with Gasteiger partial charge in [0.25, 0.3) is 0 Å². The molecule has 0 radical (unpaired) electrons.